The molecule has 0 bridgehead atoms. The first-order valence-corrected chi connectivity index (χ1v) is 9.85. The molecule has 4 amide bonds. The fourth-order valence-corrected chi connectivity index (χ4v) is 3.73. The fraction of sp³-hybridized carbons (Fsp3) is 0. The van der Waals surface area contributed by atoms with Crippen LogP contribution >= 0.6 is 0 Å². The van der Waals surface area contributed by atoms with Crippen LogP contribution in [0, 0.1) is 5.82 Å². The van der Waals surface area contributed by atoms with E-state index in [9.17, 15) is 18.8 Å². The number of aromatic nitrogens is 1. The molecule has 1 aliphatic heterocycles. The molecule has 32 heavy (non-hydrogen) atoms. The Labute approximate surface area is 182 Å². The van der Waals surface area contributed by atoms with Crippen molar-refractivity contribution >= 4 is 40.4 Å². The number of imide groups is 2. The molecule has 1 fully saturated rings. The van der Waals surface area contributed by atoms with Gasteiger partial charge < -0.3 is 4.57 Å². The standard InChI is InChI=1S/C25H16FN3O3/c26-21-9-3-4-10-22(21)29-24(31)20(23(30)27-25(29)32)15-18-8-5-13-28(18)19-12-11-16-6-1-2-7-17(16)14-19/h1-15H,(H,27,30,32). The van der Waals surface area contributed by atoms with Crippen molar-refractivity contribution in [2.24, 2.45) is 0 Å². The molecule has 0 unspecified atom stereocenters. The summed E-state index contributed by atoms with van der Waals surface area (Å²) in [5.74, 6) is -2.47. The van der Waals surface area contributed by atoms with E-state index in [0.717, 1.165) is 22.5 Å². The Morgan fingerprint density at radius 2 is 1.56 bits per heavy atom. The zero-order valence-electron chi connectivity index (χ0n) is 16.7. The summed E-state index contributed by atoms with van der Waals surface area (Å²) in [5, 5.41) is 4.24. The van der Waals surface area contributed by atoms with E-state index in [2.05, 4.69) is 5.32 Å². The Balaban J connectivity index is 1.57. The monoisotopic (exact) mass is 425 g/mol. The second-order valence-corrected chi connectivity index (χ2v) is 7.24. The van der Waals surface area contributed by atoms with Crippen LogP contribution in [0.25, 0.3) is 22.5 Å². The molecule has 4 aromatic rings. The Kier molecular flexibility index (Phi) is 4.63. The molecule has 0 saturated carbocycles. The van der Waals surface area contributed by atoms with Crippen LogP contribution in [0.15, 0.2) is 90.6 Å². The number of hydrogen-bond acceptors (Lipinski definition) is 3. The number of fused-ring (bicyclic) bond motifs is 1. The fourth-order valence-electron chi connectivity index (χ4n) is 3.73. The summed E-state index contributed by atoms with van der Waals surface area (Å²) in [6.07, 6.45) is 3.20. The first kappa shape index (κ1) is 19.4. The summed E-state index contributed by atoms with van der Waals surface area (Å²) in [4.78, 5) is 38.5. The van der Waals surface area contributed by atoms with Crippen molar-refractivity contribution in [2.75, 3.05) is 4.90 Å². The Bertz CT molecular complexity index is 1440. The maximum Gasteiger partial charge on any atom is 0.336 e. The number of amides is 4. The molecule has 1 saturated heterocycles. The summed E-state index contributed by atoms with van der Waals surface area (Å²) >= 11 is 0. The van der Waals surface area contributed by atoms with Crippen molar-refractivity contribution < 1.29 is 18.8 Å². The number of urea groups is 1. The average molecular weight is 425 g/mol. The van der Waals surface area contributed by atoms with Crippen LogP contribution in [0.5, 0.6) is 0 Å². The molecule has 1 aliphatic rings. The third-order valence-electron chi connectivity index (χ3n) is 5.28. The number of carbonyl (C=O) groups is 3. The van der Waals surface area contributed by atoms with Crippen LogP contribution < -0.4 is 10.2 Å². The van der Waals surface area contributed by atoms with Crippen molar-refractivity contribution in [1.29, 1.82) is 0 Å². The minimum Gasteiger partial charge on any atom is -0.317 e. The predicted molar refractivity (Wildman–Crippen MR) is 119 cm³/mol. The van der Waals surface area contributed by atoms with Gasteiger partial charge in [0, 0.05) is 17.6 Å². The van der Waals surface area contributed by atoms with Gasteiger partial charge in [0.15, 0.2) is 0 Å². The summed E-state index contributed by atoms with van der Waals surface area (Å²) in [6, 6.07) is 21.8. The first-order valence-electron chi connectivity index (χ1n) is 9.85. The molecule has 0 radical (unpaired) electrons. The van der Waals surface area contributed by atoms with Gasteiger partial charge in [-0.05, 0) is 53.2 Å². The topological polar surface area (TPSA) is 71.4 Å². The largest absolute Gasteiger partial charge is 0.336 e. The van der Waals surface area contributed by atoms with Crippen LogP contribution in [-0.4, -0.2) is 22.4 Å². The highest BCUT2D eigenvalue weighted by atomic mass is 19.1. The zero-order valence-corrected chi connectivity index (χ0v) is 16.7. The molecule has 2 heterocycles. The van der Waals surface area contributed by atoms with Gasteiger partial charge in [0.2, 0.25) is 0 Å². The lowest BCUT2D eigenvalue weighted by atomic mass is 10.1. The summed E-state index contributed by atoms with van der Waals surface area (Å²) < 4.78 is 16.1. The summed E-state index contributed by atoms with van der Waals surface area (Å²) in [5.41, 5.74) is 0.903. The summed E-state index contributed by atoms with van der Waals surface area (Å²) in [6.45, 7) is 0. The van der Waals surface area contributed by atoms with E-state index in [-0.39, 0.29) is 11.3 Å². The van der Waals surface area contributed by atoms with E-state index >= 15 is 0 Å². The van der Waals surface area contributed by atoms with Gasteiger partial charge in [0.25, 0.3) is 11.8 Å². The highest BCUT2D eigenvalue weighted by Crippen LogP contribution is 2.26. The van der Waals surface area contributed by atoms with Crippen LogP contribution in [0.4, 0.5) is 14.9 Å². The van der Waals surface area contributed by atoms with E-state index in [0.29, 0.717) is 10.6 Å². The maximum atomic E-state index is 14.3. The Morgan fingerprint density at radius 3 is 2.38 bits per heavy atom. The van der Waals surface area contributed by atoms with Gasteiger partial charge >= 0.3 is 6.03 Å². The molecule has 0 spiro atoms. The molecule has 0 aliphatic carbocycles. The van der Waals surface area contributed by atoms with Gasteiger partial charge in [-0.25, -0.2) is 14.1 Å². The third kappa shape index (κ3) is 3.26. The molecule has 1 aromatic heterocycles. The molecule has 3 aromatic carbocycles. The lowest BCUT2D eigenvalue weighted by molar-refractivity contribution is -0.122. The highest BCUT2D eigenvalue weighted by Gasteiger charge is 2.38. The number of anilines is 1. The Hall–Kier alpha value is -4.52. The Morgan fingerprint density at radius 1 is 0.812 bits per heavy atom. The second-order valence-electron chi connectivity index (χ2n) is 7.24. The third-order valence-corrected chi connectivity index (χ3v) is 5.28. The number of para-hydroxylation sites is 1. The molecule has 0 atom stereocenters. The molecule has 6 nitrogen and oxygen atoms in total. The van der Waals surface area contributed by atoms with Gasteiger partial charge in [-0.3, -0.25) is 14.9 Å². The predicted octanol–water partition coefficient (Wildman–Crippen LogP) is 4.44. The average Bonchev–Trinajstić information content (AvgIpc) is 3.26. The number of rotatable bonds is 3. The number of barbiturate groups is 1. The minimum absolute atomic E-state index is 0.224. The number of benzene rings is 3. The van der Waals surface area contributed by atoms with E-state index in [1.54, 1.807) is 12.1 Å². The molecular formula is C25H16FN3O3. The normalized spacial score (nSPS) is 15.5. The molecule has 5 rings (SSSR count). The van der Waals surface area contributed by atoms with Crippen LogP contribution in [0.1, 0.15) is 5.69 Å². The van der Waals surface area contributed by atoms with Gasteiger partial charge in [0.1, 0.15) is 11.4 Å². The van der Waals surface area contributed by atoms with Gasteiger partial charge in [-0.1, -0.05) is 42.5 Å². The quantitative estimate of drug-likeness (QED) is 0.390. The molecule has 156 valence electrons. The van der Waals surface area contributed by atoms with Gasteiger partial charge in [-0.15, -0.1) is 0 Å². The number of nitrogens with one attached hydrogen (secondary N) is 1. The molecule has 1 N–H and O–H groups in total. The van der Waals surface area contributed by atoms with E-state index < -0.39 is 23.7 Å². The van der Waals surface area contributed by atoms with Crippen LogP contribution in [0.3, 0.4) is 0 Å². The van der Waals surface area contributed by atoms with E-state index in [1.165, 1.54) is 24.3 Å². The second kappa shape index (κ2) is 7.63. The van der Waals surface area contributed by atoms with E-state index in [4.69, 9.17) is 0 Å². The molecule has 7 heteroatoms. The van der Waals surface area contributed by atoms with Gasteiger partial charge in [0.05, 0.1) is 5.69 Å². The lowest BCUT2D eigenvalue weighted by Crippen LogP contribution is -2.54. The van der Waals surface area contributed by atoms with E-state index in [1.807, 2.05) is 53.2 Å². The SMILES string of the molecule is O=C1NC(=O)N(c2ccccc2F)C(=O)C1=Cc1cccn1-c1ccc2ccccc2c1. The summed E-state index contributed by atoms with van der Waals surface area (Å²) in [7, 11) is 0. The smallest absolute Gasteiger partial charge is 0.317 e. The van der Waals surface area contributed by atoms with Gasteiger partial charge in [-0.2, -0.15) is 0 Å². The first-order chi connectivity index (χ1) is 15.5. The van der Waals surface area contributed by atoms with Crippen molar-refractivity contribution in [1.82, 2.24) is 9.88 Å². The van der Waals surface area contributed by atoms with Crippen LogP contribution in [0.2, 0.25) is 0 Å². The minimum atomic E-state index is -0.993. The number of nitrogens with zero attached hydrogens (tertiary/aromatic N) is 2. The maximum absolute atomic E-state index is 14.3. The molecular weight excluding hydrogens is 409 g/mol. The lowest BCUT2D eigenvalue weighted by Gasteiger charge is -2.26. The number of hydrogen-bond donors (Lipinski definition) is 1. The van der Waals surface area contributed by atoms with Crippen molar-refractivity contribution in [3.05, 3.63) is 102 Å². The van der Waals surface area contributed by atoms with Crippen molar-refractivity contribution in [3.8, 4) is 5.69 Å². The number of carbonyl (C=O) groups excluding carboxylic acids is 3. The number of halogens is 1. The zero-order chi connectivity index (χ0) is 22.2. The highest BCUT2D eigenvalue weighted by molar-refractivity contribution is 6.39. The van der Waals surface area contributed by atoms with Crippen molar-refractivity contribution in [3.63, 3.8) is 0 Å². The van der Waals surface area contributed by atoms with Crippen molar-refractivity contribution in [2.45, 2.75) is 0 Å². The van der Waals surface area contributed by atoms with Crippen LogP contribution in [-0.2, 0) is 9.59 Å².